The van der Waals surface area contributed by atoms with Gasteiger partial charge in [0.15, 0.2) is 9.84 Å². The van der Waals surface area contributed by atoms with Crippen LogP contribution in [-0.4, -0.2) is 69.0 Å². The Hall–Kier alpha value is -1.74. The van der Waals surface area contributed by atoms with Crippen LogP contribution in [0.4, 0.5) is 0 Å². The van der Waals surface area contributed by atoms with Gasteiger partial charge in [0.1, 0.15) is 0 Å². The Kier molecular flexibility index (Phi) is 5.79. The molecule has 6 nitrogen and oxygen atoms in total. The van der Waals surface area contributed by atoms with Crippen molar-refractivity contribution < 1.29 is 16.8 Å². The highest BCUT2D eigenvalue weighted by Gasteiger charge is 2.41. The molecule has 2 aromatic rings. The molecular weight excluding hydrogens is 408 g/mol. The second-order valence-corrected chi connectivity index (χ2v) is 12.2. The molecule has 0 amide bonds. The molecule has 0 radical (unpaired) electrons. The van der Waals surface area contributed by atoms with E-state index in [9.17, 15) is 16.8 Å². The molecule has 2 aromatic carbocycles. The number of hydrogen-bond acceptors (Lipinski definition) is 5. The summed E-state index contributed by atoms with van der Waals surface area (Å²) < 4.78 is 50.8. The number of rotatable bonds is 5. The van der Waals surface area contributed by atoms with Crippen LogP contribution in [-0.2, 0) is 19.9 Å². The van der Waals surface area contributed by atoms with Gasteiger partial charge in [-0.3, -0.25) is 4.90 Å². The van der Waals surface area contributed by atoms with Gasteiger partial charge in [-0.2, -0.15) is 4.31 Å². The lowest BCUT2D eigenvalue weighted by Gasteiger charge is -2.39. The third kappa shape index (κ3) is 4.40. The molecule has 0 spiro atoms. The zero-order chi connectivity index (χ0) is 20.5. The van der Waals surface area contributed by atoms with Crippen LogP contribution in [0.5, 0.6) is 0 Å². The average Bonchev–Trinajstić information content (AvgIpc) is 3.11. The normalized spacial score (nSPS) is 23.4. The predicted molar refractivity (Wildman–Crippen MR) is 114 cm³/mol. The van der Waals surface area contributed by atoms with E-state index in [2.05, 4.69) is 29.2 Å². The topological polar surface area (TPSA) is 74.8 Å². The molecule has 0 aliphatic carbocycles. The first kappa shape index (κ1) is 20.5. The zero-order valence-corrected chi connectivity index (χ0v) is 17.9. The molecule has 1 unspecified atom stereocenters. The van der Waals surface area contributed by atoms with E-state index < -0.39 is 25.1 Å². The molecule has 0 bridgehead atoms. The van der Waals surface area contributed by atoms with Gasteiger partial charge in [-0.05, 0) is 17.5 Å². The molecule has 0 saturated carbocycles. The minimum atomic E-state index is -3.58. The van der Waals surface area contributed by atoms with Crippen LogP contribution in [0.2, 0.25) is 0 Å². The monoisotopic (exact) mass is 434 g/mol. The van der Waals surface area contributed by atoms with Gasteiger partial charge in [0.05, 0.1) is 22.8 Å². The Bertz CT molecular complexity index is 993. The number of piperazine rings is 1. The van der Waals surface area contributed by atoms with E-state index in [1.165, 1.54) is 15.4 Å². The van der Waals surface area contributed by atoms with Crippen LogP contribution < -0.4 is 0 Å². The van der Waals surface area contributed by atoms with E-state index in [0.717, 1.165) is 0 Å². The molecule has 1 atom stereocenters. The van der Waals surface area contributed by atoms with Crippen LogP contribution in [0.3, 0.4) is 0 Å². The van der Waals surface area contributed by atoms with E-state index in [-0.39, 0.29) is 24.0 Å². The first-order valence-electron chi connectivity index (χ1n) is 9.90. The Morgan fingerprint density at radius 1 is 0.828 bits per heavy atom. The molecule has 2 aliphatic rings. The van der Waals surface area contributed by atoms with Gasteiger partial charge >= 0.3 is 0 Å². The smallest absolute Gasteiger partial charge is 0.218 e. The van der Waals surface area contributed by atoms with Gasteiger partial charge in [-0.15, -0.1) is 0 Å². The fourth-order valence-corrected chi connectivity index (χ4v) is 8.82. The highest BCUT2D eigenvalue weighted by Crippen LogP contribution is 2.31. The lowest BCUT2D eigenvalue weighted by Crippen LogP contribution is -2.52. The standard InChI is InChI=1S/C21H26N2O4S2/c24-28(25)16-11-20(17-28)29(26,27)23-14-12-22(13-15-23)21(18-7-3-1-4-8-18)19-9-5-2-6-10-19/h1-10,20-21H,11-17H2. The van der Waals surface area contributed by atoms with Crippen LogP contribution in [0.15, 0.2) is 60.7 Å². The van der Waals surface area contributed by atoms with Crippen molar-refractivity contribution in [1.29, 1.82) is 0 Å². The lowest BCUT2D eigenvalue weighted by molar-refractivity contribution is 0.155. The fraction of sp³-hybridized carbons (Fsp3) is 0.429. The maximum Gasteiger partial charge on any atom is 0.218 e. The second-order valence-electron chi connectivity index (χ2n) is 7.73. The molecule has 29 heavy (non-hydrogen) atoms. The van der Waals surface area contributed by atoms with Crippen molar-refractivity contribution in [3.63, 3.8) is 0 Å². The summed E-state index contributed by atoms with van der Waals surface area (Å²) in [5.74, 6) is -0.271. The highest BCUT2D eigenvalue weighted by atomic mass is 32.2. The van der Waals surface area contributed by atoms with Gasteiger partial charge < -0.3 is 0 Å². The van der Waals surface area contributed by atoms with Crippen molar-refractivity contribution in [2.24, 2.45) is 0 Å². The summed E-state index contributed by atoms with van der Waals surface area (Å²) in [4.78, 5) is 2.31. The Morgan fingerprint density at radius 2 is 1.34 bits per heavy atom. The van der Waals surface area contributed by atoms with Crippen LogP contribution >= 0.6 is 0 Å². The fourth-order valence-electron chi connectivity index (χ4n) is 4.31. The Morgan fingerprint density at radius 3 is 1.79 bits per heavy atom. The van der Waals surface area contributed by atoms with Gasteiger partial charge in [-0.25, -0.2) is 16.8 Å². The maximum absolute atomic E-state index is 12.9. The number of benzene rings is 2. The van der Waals surface area contributed by atoms with Gasteiger partial charge in [0.25, 0.3) is 0 Å². The van der Waals surface area contributed by atoms with E-state index >= 15 is 0 Å². The minimum Gasteiger partial charge on any atom is -0.290 e. The molecule has 2 aliphatic heterocycles. The van der Waals surface area contributed by atoms with Gasteiger partial charge in [0, 0.05) is 26.2 Å². The van der Waals surface area contributed by atoms with Gasteiger partial charge in [0.2, 0.25) is 10.0 Å². The predicted octanol–water partition coefficient (Wildman–Crippen LogP) is 1.91. The SMILES string of the molecule is O=S1(=O)CCC(S(=O)(=O)N2CCN(C(c3ccccc3)c3ccccc3)CC2)C1. The minimum absolute atomic E-state index is 0.0268. The summed E-state index contributed by atoms with van der Waals surface area (Å²) in [5, 5.41) is -0.793. The third-order valence-electron chi connectivity index (χ3n) is 5.84. The average molecular weight is 435 g/mol. The molecular formula is C21H26N2O4S2. The quantitative estimate of drug-likeness (QED) is 0.719. The van der Waals surface area contributed by atoms with Crippen LogP contribution in [0.25, 0.3) is 0 Å². The van der Waals surface area contributed by atoms with Crippen molar-refractivity contribution in [2.75, 3.05) is 37.7 Å². The van der Waals surface area contributed by atoms with Gasteiger partial charge in [-0.1, -0.05) is 60.7 Å². The number of nitrogens with zero attached hydrogens (tertiary/aromatic N) is 2. The van der Waals surface area contributed by atoms with E-state index in [4.69, 9.17) is 0 Å². The van der Waals surface area contributed by atoms with Crippen molar-refractivity contribution in [2.45, 2.75) is 17.7 Å². The molecule has 2 saturated heterocycles. The molecule has 2 fully saturated rings. The number of sulfonamides is 1. The van der Waals surface area contributed by atoms with Crippen molar-refractivity contribution in [3.05, 3.63) is 71.8 Å². The molecule has 2 heterocycles. The summed E-state index contributed by atoms with van der Waals surface area (Å²) in [6.45, 7) is 1.98. The number of hydrogen-bond donors (Lipinski definition) is 0. The summed E-state index contributed by atoms with van der Waals surface area (Å²) in [5.41, 5.74) is 2.36. The first-order valence-corrected chi connectivity index (χ1v) is 13.2. The molecule has 8 heteroatoms. The lowest BCUT2D eigenvalue weighted by atomic mass is 9.96. The third-order valence-corrected chi connectivity index (χ3v) is 10.1. The van der Waals surface area contributed by atoms with E-state index in [1.54, 1.807) is 0 Å². The Labute approximate surface area is 173 Å². The molecule has 4 rings (SSSR count). The van der Waals surface area contributed by atoms with Crippen LogP contribution in [0.1, 0.15) is 23.6 Å². The maximum atomic E-state index is 12.9. The summed E-state index contributed by atoms with van der Waals surface area (Å²) in [6, 6.07) is 20.5. The zero-order valence-electron chi connectivity index (χ0n) is 16.2. The first-order chi connectivity index (χ1) is 13.9. The van der Waals surface area contributed by atoms with Crippen molar-refractivity contribution >= 4 is 19.9 Å². The van der Waals surface area contributed by atoms with Crippen molar-refractivity contribution in [1.82, 2.24) is 9.21 Å². The largest absolute Gasteiger partial charge is 0.290 e. The molecule has 0 aromatic heterocycles. The van der Waals surface area contributed by atoms with E-state index in [0.29, 0.717) is 26.2 Å². The summed E-state index contributed by atoms with van der Waals surface area (Å²) >= 11 is 0. The molecule has 0 N–H and O–H groups in total. The van der Waals surface area contributed by atoms with E-state index in [1.807, 2.05) is 36.4 Å². The summed E-state index contributed by atoms with van der Waals surface area (Å²) in [7, 11) is -6.81. The second kappa shape index (κ2) is 8.18. The highest BCUT2D eigenvalue weighted by molar-refractivity contribution is 7.95. The Balaban J connectivity index is 1.51. The van der Waals surface area contributed by atoms with Crippen molar-refractivity contribution in [3.8, 4) is 0 Å². The number of sulfone groups is 1. The van der Waals surface area contributed by atoms with Crippen LogP contribution in [0, 0.1) is 0 Å². The molecule has 156 valence electrons. The summed E-state index contributed by atoms with van der Waals surface area (Å²) in [6.07, 6.45) is 0.210.